The van der Waals surface area contributed by atoms with Gasteiger partial charge in [-0.2, -0.15) is 0 Å². The van der Waals surface area contributed by atoms with Crippen molar-refractivity contribution in [3.63, 3.8) is 0 Å². The molecule has 0 aromatic heterocycles. The van der Waals surface area contributed by atoms with Crippen LogP contribution in [0.4, 0.5) is 0 Å². The molecule has 30 heavy (non-hydrogen) atoms. The summed E-state index contributed by atoms with van der Waals surface area (Å²) in [4.78, 5) is 36.9. The van der Waals surface area contributed by atoms with Crippen molar-refractivity contribution in [2.24, 2.45) is 28.6 Å². The summed E-state index contributed by atoms with van der Waals surface area (Å²) in [7, 11) is 0. The van der Waals surface area contributed by atoms with Gasteiger partial charge in [0, 0.05) is 29.9 Å². The average molecular weight is 431 g/mol. The molecule has 1 saturated heterocycles. The van der Waals surface area contributed by atoms with Crippen molar-refractivity contribution in [3.8, 4) is 0 Å². The predicted molar refractivity (Wildman–Crippen MR) is 117 cm³/mol. The minimum Gasteiger partial charge on any atom is -0.458 e. The van der Waals surface area contributed by atoms with Gasteiger partial charge >= 0.3 is 5.97 Å². The molecular weight excluding hydrogens is 396 g/mol. The highest BCUT2D eigenvalue weighted by molar-refractivity contribution is 8.14. The van der Waals surface area contributed by atoms with Crippen LogP contribution in [0.25, 0.3) is 0 Å². The molecule has 4 aliphatic carbocycles. The second kappa shape index (κ2) is 6.95. The Hall–Kier alpha value is -1.10. The maximum Gasteiger partial charge on any atom is 0.306 e. The molecule has 0 aromatic rings. The Kier molecular flexibility index (Phi) is 4.81. The van der Waals surface area contributed by atoms with E-state index in [2.05, 4.69) is 13.8 Å². The van der Waals surface area contributed by atoms with Crippen molar-refractivity contribution in [2.45, 2.75) is 95.8 Å². The largest absolute Gasteiger partial charge is 0.458 e. The van der Waals surface area contributed by atoms with E-state index in [0.29, 0.717) is 37.0 Å². The lowest BCUT2D eigenvalue weighted by molar-refractivity contribution is -0.167. The molecule has 1 heterocycles. The van der Waals surface area contributed by atoms with E-state index in [1.54, 1.807) is 11.8 Å². The number of ether oxygens (including phenoxy) is 1. The van der Waals surface area contributed by atoms with Crippen LogP contribution in [-0.4, -0.2) is 27.7 Å². The van der Waals surface area contributed by atoms with Gasteiger partial charge in [0.2, 0.25) is 0 Å². The summed E-state index contributed by atoms with van der Waals surface area (Å²) >= 11 is 1.54. The third-order valence-electron chi connectivity index (χ3n) is 9.86. The summed E-state index contributed by atoms with van der Waals surface area (Å²) in [6, 6.07) is 0. The molecule has 0 bridgehead atoms. The highest BCUT2D eigenvalue weighted by atomic mass is 32.2. The highest BCUT2D eigenvalue weighted by Crippen LogP contribution is 2.70. The summed E-state index contributed by atoms with van der Waals surface area (Å²) in [5, 5.41) is 0.502. The Morgan fingerprint density at radius 2 is 1.87 bits per heavy atom. The van der Waals surface area contributed by atoms with Gasteiger partial charge in [0.15, 0.2) is 10.9 Å². The first kappa shape index (κ1) is 20.8. The van der Waals surface area contributed by atoms with Gasteiger partial charge in [-0.1, -0.05) is 38.1 Å². The fourth-order valence-corrected chi connectivity index (χ4v) is 9.47. The molecule has 5 rings (SSSR count). The zero-order valence-electron chi connectivity index (χ0n) is 18.5. The number of rotatable bonds is 2. The van der Waals surface area contributed by atoms with Crippen molar-refractivity contribution in [1.29, 1.82) is 0 Å². The van der Waals surface area contributed by atoms with Gasteiger partial charge in [-0.3, -0.25) is 14.4 Å². The zero-order chi connectivity index (χ0) is 21.3. The van der Waals surface area contributed by atoms with Crippen molar-refractivity contribution in [3.05, 3.63) is 11.6 Å². The van der Waals surface area contributed by atoms with Gasteiger partial charge in [0.05, 0.1) is 0 Å². The number of thioether (sulfide) groups is 1. The van der Waals surface area contributed by atoms with Crippen molar-refractivity contribution in [2.75, 3.05) is 0 Å². The summed E-state index contributed by atoms with van der Waals surface area (Å²) in [6.45, 7) is 6.70. The molecule has 1 spiro atoms. The lowest BCUT2D eigenvalue weighted by Crippen LogP contribution is -2.57. The van der Waals surface area contributed by atoms with Gasteiger partial charge in [0.1, 0.15) is 5.60 Å². The maximum absolute atomic E-state index is 12.5. The second-order valence-corrected chi connectivity index (χ2v) is 12.2. The summed E-state index contributed by atoms with van der Waals surface area (Å²) in [6.07, 6.45) is 10.6. The fourth-order valence-electron chi connectivity index (χ4n) is 8.17. The number of ketones is 1. The minimum atomic E-state index is -0.288. The second-order valence-electron chi connectivity index (χ2n) is 10.9. The SMILES string of the molecule is CCC(=O)S[C@@H]1CC2=CC(=O)CCC2(C)C2CCC3(C)C(CC[C@]34CCC(=O)O4)C21. The first-order valence-electron chi connectivity index (χ1n) is 11.9. The van der Waals surface area contributed by atoms with Crippen molar-refractivity contribution >= 4 is 28.6 Å². The predicted octanol–water partition coefficient (Wildman–Crippen LogP) is 5.24. The average Bonchev–Trinajstić information content (AvgIpc) is 3.23. The van der Waals surface area contributed by atoms with Crippen molar-refractivity contribution < 1.29 is 19.1 Å². The molecule has 0 aromatic carbocycles. The molecule has 164 valence electrons. The Balaban J connectivity index is 1.55. The number of carbonyl (C=O) groups is 3. The number of esters is 1. The van der Waals surface area contributed by atoms with E-state index >= 15 is 0 Å². The summed E-state index contributed by atoms with van der Waals surface area (Å²) in [5.41, 5.74) is 1.10. The standard InChI is InChI=1S/C25H34O4S/c1-4-21(28)30-19-14-15-13-16(26)5-9-23(15,2)17-6-10-24(3)18(22(17)19)7-11-25(24)12-8-20(27)29-25/h13,17-19,22H,4-12,14H2,1-3H3/t17?,18?,19-,22?,23?,24?,25+/m1/s1. The number of hydrogen-bond acceptors (Lipinski definition) is 5. The first-order valence-corrected chi connectivity index (χ1v) is 12.8. The summed E-state index contributed by atoms with van der Waals surface area (Å²) in [5.74, 6) is 1.68. The van der Waals surface area contributed by atoms with Crippen LogP contribution in [0.3, 0.4) is 0 Å². The summed E-state index contributed by atoms with van der Waals surface area (Å²) < 4.78 is 6.08. The van der Waals surface area contributed by atoms with Crippen LogP contribution in [0.15, 0.2) is 11.6 Å². The normalized spacial score (nSPS) is 47.4. The molecule has 4 nitrogen and oxygen atoms in total. The van der Waals surface area contributed by atoms with Gasteiger partial charge in [-0.15, -0.1) is 0 Å². The number of hydrogen-bond donors (Lipinski definition) is 0. The van der Waals surface area contributed by atoms with Crippen LogP contribution >= 0.6 is 11.8 Å². The lowest BCUT2D eigenvalue weighted by Gasteiger charge is -2.61. The van der Waals surface area contributed by atoms with E-state index < -0.39 is 0 Å². The Labute approximate surface area is 184 Å². The molecule has 5 heteroatoms. The van der Waals surface area contributed by atoms with Crippen LogP contribution < -0.4 is 0 Å². The van der Waals surface area contributed by atoms with Gasteiger partial charge in [-0.25, -0.2) is 0 Å². The molecule has 0 N–H and O–H groups in total. The molecule has 5 unspecified atom stereocenters. The van der Waals surface area contributed by atoms with Crippen LogP contribution in [0.5, 0.6) is 0 Å². The van der Waals surface area contributed by atoms with E-state index in [1.807, 2.05) is 13.0 Å². The molecule has 1 aliphatic heterocycles. The van der Waals surface area contributed by atoms with Crippen LogP contribution in [0.1, 0.15) is 85.0 Å². The van der Waals surface area contributed by atoms with Gasteiger partial charge < -0.3 is 4.74 Å². The molecule has 3 saturated carbocycles. The Morgan fingerprint density at radius 3 is 2.57 bits per heavy atom. The number of fused-ring (bicyclic) bond motifs is 6. The molecule has 7 atom stereocenters. The zero-order valence-corrected chi connectivity index (χ0v) is 19.3. The minimum absolute atomic E-state index is 0.0104. The van der Waals surface area contributed by atoms with E-state index in [1.165, 1.54) is 5.57 Å². The topological polar surface area (TPSA) is 60.4 Å². The smallest absolute Gasteiger partial charge is 0.306 e. The van der Waals surface area contributed by atoms with Crippen LogP contribution in [0.2, 0.25) is 0 Å². The van der Waals surface area contributed by atoms with Gasteiger partial charge in [0.25, 0.3) is 0 Å². The molecular formula is C25H34O4S. The molecule has 0 amide bonds. The lowest BCUT2D eigenvalue weighted by atomic mass is 9.46. The maximum atomic E-state index is 12.5. The van der Waals surface area contributed by atoms with E-state index in [-0.39, 0.29) is 38.5 Å². The van der Waals surface area contributed by atoms with E-state index in [9.17, 15) is 14.4 Å². The first-order chi connectivity index (χ1) is 14.2. The molecule has 0 radical (unpaired) electrons. The third kappa shape index (κ3) is 2.76. The quantitative estimate of drug-likeness (QED) is 0.561. The Morgan fingerprint density at radius 1 is 1.10 bits per heavy atom. The van der Waals surface area contributed by atoms with Crippen molar-refractivity contribution in [1.82, 2.24) is 0 Å². The van der Waals surface area contributed by atoms with E-state index in [4.69, 9.17) is 4.74 Å². The van der Waals surface area contributed by atoms with Crippen LogP contribution in [-0.2, 0) is 19.1 Å². The monoisotopic (exact) mass is 430 g/mol. The molecule has 4 fully saturated rings. The highest BCUT2D eigenvalue weighted by Gasteiger charge is 2.68. The number of allylic oxidation sites excluding steroid dienone is 1. The third-order valence-corrected chi connectivity index (χ3v) is 11.2. The van der Waals surface area contributed by atoms with E-state index in [0.717, 1.165) is 44.9 Å². The Bertz CT molecular complexity index is 833. The van der Waals surface area contributed by atoms with Crippen LogP contribution in [0, 0.1) is 28.6 Å². The number of carbonyl (C=O) groups excluding carboxylic acids is 3. The fraction of sp³-hybridized carbons (Fsp3) is 0.800. The molecule has 5 aliphatic rings. The van der Waals surface area contributed by atoms with Gasteiger partial charge in [-0.05, 0) is 74.2 Å².